The monoisotopic (exact) mass is 370 g/mol. The number of nitrogens with zero attached hydrogens (tertiary/aromatic N) is 5. The lowest BCUT2D eigenvalue weighted by Crippen LogP contribution is -2.10. The van der Waals surface area contributed by atoms with E-state index in [9.17, 15) is 0 Å². The van der Waals surface area contributed by atoms with Crippen LogP contribution < -0.4 is 10.2 Å². The van der Waals surface area contributed by atoms with Gasteiger partial charge in [0.25, 0.3) is 5.95 Å². The topological polar surface area (TPSA) is 80.0 Å². The van der Waals surface area contributed by atoms with Crippen LogP contribution in [-0.4, -0.2) is 34.2 Å². The number of rotatable bonds is 5. The first-order valence-corrected chi connectivity index (χ1v) is 10.1. The maximum Gasteiger partial charge on any atom is 0.265 e. The number of aromatic nitrogens is 4. The van der Waals surface area contributed by atoms with Crippen molar-refractivity contribution in [2.75, 3.05) is 24.3 Å². The third kappa shape index (κ3) is 2.82. The maximum atomic E-state index is 5.34. The predicted molar refractivity (Wildman–Crippen MR) is 102 cm³/mol. The number of anilines is 2. The second kappa shape index (κ2) is 6.19. The van der Waals surface area contributed by atoms with Gasteiger partial charge in [0.1, 0.15) is 16.5 Å². The number of thiophene rings is 1. The lowest BCUT2D eigenvalue weighted by atomic mass is 9.97. The predicted octanol–water partition coefficient (Wildman–Crippen LogP) is 3.51. The van der Waals surface area contributed by atoms with Gasteiger partial charge in [-0.15, -0.1) is 11.3 Å². The van der Waals surface area contributed by atoms with Gasteiger partial charge in [-0.1, -0.05) is 0 Å². The molecule has 0 aromatic carbocycles. The lowest BCUT2D eigenvalue weighted by Gasteiger charge is -2.12. The van der Waals surface area contributed by atoms with Crippen molar-refractivity contribution < 1.29 is 4.52 Å². The third-order valence-electron chi connectivity index (χ3n) is 5.04. The second-order valence-electron chi connectivity index (χ2n) is 7.33. The highest BCUT2D eigenvalue weighted by atomic mass is 32.1. The fourth-order valence-corrected chi connectivity index (χ4v) is 4.75. The van der Waals surface area contributed by atoms with Crippen molar-refractivity contribution in [3.05, 3.63) is 22.2 Å². The molecule has 2 aliphatic rings. The van der Waals surface area contributed by atoms with Gasteiger partial charge in [0.15, 0.2) is 0 Å². The first kappa shape index (κ1) is 16.0. The number of nitrogens with one attached hydrogen (secondary N) is 1. The number of aryl methyl sites for hydroxylation is 2. The Kier molecular flexibility index (Phi) is 3.81. The molecule has 0 unspecified atom stereocenters. The van der Waals surface area contributed by atoms with Crippen molar-refractivity contribution in [3.8, 4) is 0 Å². The summed E-state index contributed by atoms with van der Waals surface area (Å²) in [5.41, 5.74) is 1.45. The summed E-state index contributed by atoms with van der Waals surface area (Å²) in [5, 5.41) is 8.64. The largest absolute Gasteiger partial charge is 0.360 e. The molecule has 8 heteroatoms. The van der Waals surface area contributed by atoms with E-state index < -0.39 is 0 Å². The highest BCUT2D eigenvalue weighted by molar-refractivity contribution is 7.19. The fourth-order valence-electron chi connectivity index (χ4n) is 3.48. The average molecular weight is 370 g/mol. The van der Waals surface area contributed by atoms with Gasteiger partial charge in [0.05, 0.1) is 11.9 Å². The Labute approximate surface area is 155 Å². The van der Waals surface area contributed by atoms with Crippen molar-refractivity contribution in [2.24, 2.45) is 0 Å². The molecule has 0 aliphatic heterocycles. The molecule has 0 bridgehead atoms. The molecule has 0 radical (unpaired) electrons. The van der Waals surface area contributed by atoms with Crippen LogP contribution in [0.15, 0.2) is 4.52 Å². The van der Waals surface area contributed by atoms with Crippen LogP contribution in [0.4, 0.5) is 11.8 Å². The van der Waals surface area contributed by atoms with Gasteiger partial charge in [-0.2, -0.15) is 4.98 Å². The summed E-state index contributed by atoms with van der Waals surface area (Å²) in [6, 6.07) is 0. The quantitative estimate of drug-likeness (QED) is 0.736. The van der Waals surface area contributed by atoms with E-state index in [2.05, 4.69) is 15.5 Å². The van der Waals surface area contributed by atoms with Gasteiger partial charge in [-0.05, 0) is 49.2 Å². The van der Waals surface area contributed by atoms with E-state index in [0.717, 1.165) is 22.9 Å². The van der Waals surface area contributed by atoms with Crippen LogP contribution in [0.1, 0.15) is 53.8 Å². The zero-order valence-corrected chi connectivity index (χ0v) is 15.9. The lowest BCUT2D eigenvalue weighted by molar-refractivity contribution is 0.383. The Balaban J connectivity index is 1.50. The smallest absolute Gasteiger partial charge is 0.265 e. The van der Waals surface area contributed by atoms with Crippen LogP contribution in [0.5, 0.6) is 0 Å². The third-order valence-corrected chi connectivity index (χ3v) is 6.22. The van der Waals surface area contributed by atoms with Gasteiger partial charge >= 0.3 is 0 Å². The fraction of sp³-hybridized carbons (Fsp3) is 0.556. The van der Waals surface area contributed by atoms with E-state index in [1.807, 2.05) is 30.3 Å². The molecule has 1 N–H and O–H groups in total. The molecular weight excluding hydrogens is 348 g/mol. The van der Waals surface area contributed by atoms with E-state index in [1.165, 1.54) is 47.9 Å². The van der Waals surface area contributed by atoms with Gasteiger partial charge in [0.2, 0.25) is 5.89 Å². The van der Waals surface area contributed by atoms with Gasteiger partial charge < -0.3 is 14.7 Å². The number of fused-ring (bicyclic) bond motifs is 3. The molecule has 1 fully saturated rings. The summed E-state index contributed by atoms with van der Waals surface area (Å²) >= 11 is 1.85. The molecule has 2 aliphatic carbocycles. The SMILES string of the molecule is CN(C)c1noc(CNc2nc(C3CC3)nc3sc4c(c23)CCCC4)n1. The molecule has 0 spiro atoms. The second-order valence-corrected chi connectivity index (χ2v) is 8.42. The minimum absolute atomic E-state index is 0.474. The molecule has 3 aromatic heterocycles. The molecule has 7 nitrogen and oxygen atoms in total. The van der Waals surface area contributed by atoms with Crippen LogP contribution in [-0.2, 0) is 19.4 Å². The summed E-state index contributed by atoms with van der Waals surface area (Å²) in [5.74, 6) is 3.60. The molecule has 0 amide bonds. The van der Waals surface area contributed by atoms with E-state index in [1.54, 1.807) is 0 Å². The summed E-state index contributed by atoms with van der Waals surface area (Å²) in [6.45, 7) is 0.474. The van der Waals surface area contributed by atoms with Crippen LogP contribution in [0.2, 0.25) is 0 Å². The van der Waals surface area contributed by atoms with E-state index in [4.69, 9.17) is 14.5 Å². The summed E-state index contributed by atoms with van der Waals surface area (Å²) in [4.78, 5) is 18.6. The van der Waals surface area contributed by atoms with Crippen LogP contribution in [0.25, 0.3) is 10.2 Å². The van der Waals surface area contributed by atoms with E-state index >= 15 is 0 Å². The Morgan fingerprint density at radius 3 is 2.77 bits per heavy atom. The molecule has 26 heavy (non-hydrogen) atoms. The minimum Gasteiger partial charge on any atom is -0.360 e. The first-order valence-electron chi connectivity index (χ1n) is 9.25. The molecule has 0 saturated heterocycles. The van der Waals surface area contributed by atoms with Crippen molar-refractivity contribution in [1.82, 2.24) is 20.1 Å². The van der Waals surface area contributed by atoms with Crippen molar-refractivity contribution in [3.63, 3.8) is 0 Å². The minimum atomic E-state index is 0.474. The summed E-state index contributed by atoms with van der Waals surface area (Å²) in [7, 11) is 3.80. The Morgan fingerprint density at radius 1 is 1.15 bits per heavy atom. The zero-order valence-electron chi connectivity index (χ0n) is 15.1. The molecule has 5 rings (SSSR count). The number of hydrogen-bond donors (Lipinski definition) is 1. The molecule has 3 aromatic rings. The molecule has 1 saturated carbocycles. The Bertz CT molecular complexity index is 958. The first-order chi connectivity index (χ1) is 12.7. The molecular formula is C18H22N6OS. The average Bonchev–Trinajstić information content (AvgIpc) is 3.26. The molecule has 0 atom stereocenters. The standard InChI is InChI=1S/C18H22N6OS/c1-24(2)18-20-13(25-23-18)9-19-16-14-11-5-3-4-6-12(11)26-17(14)22-15(21-16)10-7-8-10/h10H,3-9H2,1-2H3,(H,19,21,22). The van der Waals surface area contributed by atoms with Crippen molar-refractivity contribution in [2.45, 2.75) is 51.0 Å². The summed E-state index contributed by atoms with van der Waals surface area (Å²) in [6.07, 6.45) is 7.23. The number of hydrogen-bond acceptors (Lipinski definition) is 8. The van der Waals surface area contributed by atoms with Gasteiger partial charge in [-0.3, -0.25) is 0 Å². The van der Waals surface area contributed by atoms with E-state index in [0.29, 0.717) is 24.3 Å². The molecule has 136 valence electrons. The van der Waals surface area contributed by atoms with Crippen LogP contribution >= 0.6 is 11.3 Å². The Morgan fingerprint density at radius 2 is 2.00 bits per heavy atom. The zero-order chi connectivity index (χ0) is 17.7. The van der Waals surface area contributed by atoms with Crippen LogP contribution in [0, 0.1) is 0 Å². The van der Waals surface area contributed by atoms with Crippen LogP contribution in [0.3, 0.4) is 0 Å². The van der Waals surface area contributed by atoms with E-state index in [-0.39, 0.29) is 0 Å². The van der Waals surface area contributed by atoms with Gasteiger partial charge in [-0.25, -0.2) is 9.97 Å². The highest BCUT2D eigenvalue weighted by Crippen LogP contribution is 2.43. The normalized spacial score (nSPS) is 16.7. The maximum absolute atomic E-state index is 5.34. The van der Waals surface area contributed by atoms with Crippen molar-refractivity contribution >= 4 is 33.3 Å². The molecule has 3 heterocycles. The summed E-state index contributed by atoms with van der Waals surface area (Å²) < 4.78 is 5.34. The highest BCUT2D eigenvalue weighted by Gasteiger charge is 2.29. The van der Waals surface area contributed by atoms with Crippen molar-refractivity contribution in [1.29, 1.82) is 0 Å². The van der Waals surface area contributed by atoms with Gasteiger partial charge in [0, 0.05) is 24.9 Å². The Hall–Kier alpha value is -2.22.